The van der Waals surface area contributed by atoms with Crippen molar-refractivity contribution in [2.75, 3.05) is 10.6 Å². The molecule has 1 saturated carbocycles. The minimum absolute atomic E-state index is 0.260. The third-order valence-corrected chi connectivity index (χ3v) is 4.36. The van der Waals surface area contributed by atoms with Crippen LogP contribution in [0.2, 0.25) is 0 Å². The molecule has 0 spiro atoms. The second-order valence-electron chi connectivity index (χ2n) is 6.26. The lowest BCUT2D eigenvalue weighted by atomic mass is 10.1. The first kappa shape index (κ1) is 16.9. The van der Waals surface area contributed by atoms with Crippen LogP contribution in [-0.4, -0.2) is 21.9 Å². The molecule has 1 fully saturated rings. The Morgan fingerprint density at radius 1 is 1.04 bits per heavy atom. The zero-order valence-electron chi connectivity index (χ0n) is 14.0. The van der Waals surface area contributed by atoms with E-state index in [9.17, 15) is 4.79 Å². The summed E-state index contributed by atoms with van der Waals surface area (Å²) in [5.41, 5.74) is 1.42. The first-order valence-corrected chi connectivity index (χ1v) is 8.65. The summed E-state index contributed by atoms with van der Waals surface area (Å²) in [4.78, 5) is 20.7. The third-order valence-electron chi connectivity index (χ3n) is 4.36. The van der Waals surface area contributed by atoms with Crippen LogP contribution >= 0.6 is 0 Å². The molecule has 0 bridgehead atoms. The lowest BCUT2D eigenvalue weighted by Gasteiger charge is -2.16. The van der Waals surface area contributed by atoms with E-state index in [-0.39, 0.29) is 11.6 Å². The molecule has 2 aromatic rings. The molecule has 128 valence electrons. The molecule has 0 atom stereocenters. The van der Waals surface area contributed by atoms with Gasteiger partial charge in [0.05, 0.1) is 24.0 Å². The number of carbonyl (C=O) groups excluding carboxylic acids is 1. The maximum atomic E-state index is 12.2. The van der Waals surface area contributed by atoms with Crippen molar-refractivity contribution in [1.82, 2.24) is 9.97 Å². The lowest BCUT2D eigenvalue weighted by Crippen LogP contribution is -2.20. The molecule has 3 rings (SSSR count). The van der Waals surface area contributed by atoms with Gasteiger partial charge in [-0.1, -0.05) is 25.7 Å². The molecule has 0 aliphatic heterocycles. The highest BCUT2D eigenvalue weighted by Crippen LogP contribution is 2.20. The van der Waals surface area contributed by atoms with Gasteiger partial charge in [0, 0.05) is 11.7 Å². The standard InChI is InChI=1S/C19H21N5O/c20-11-14-7-9-16(10-8-14)24-19(25)17-12-22-18(13-21-17)23-15-5-3-1-2-4-6-15/h7-10,12-13,15H,1-6H2,(H,22,23)(H,24,25). The number of carbonyl (C=O) groups is 1. The molecule has 6 nitrogen and oxygen atoms in total. The number of aromatic nitrogens is 2. The van der Waals surface area contributed by atoms with E-state index in [2.05, 4.69) is 20.6 Å². The summed E-state index contributed by atoms with van der Waals surface area (Å²) in [7, 11) is 0. The van der Waals surface area contributed by atoms with Crippen LogP contribution in [0.3, 0.4) is 0 Å². The molecule has 6 heteroatoms. The van der Waals surface area contributed by atoms with E-state index in [0.29, 0.717) is 23.1 Å². The SMILES string of the molecule is N#Cc1ccc(NC(=O)c2cnc(NC3CCCCCC3)cn2)cc1. The van der Waals surface area contributed by atoms with E-state index < -0.39 is 0 Å². The van der Waals surface area contributed by atoms with Crippen LogP contribution in [0, 0.1) is 11.3 Å². The van der Waals surface area contributed by atoms with Crippen molar-refractivity contribution in [2.24, 2.45) is 0 Å². The summed E-state index contributed by atoms with van der Waals surface area (Å²) in [6.45, 7) is 0. The molecular weight excluding hydrogens is 314 g/mol. The first-order valence-electron chi connectivity index (χ1n) is 8.65. The van der Waals surface area contributed by atoms with Gasteiger partial charge in [-0.3, -0.25) is 4.79 Å². The fraction of sp³-hybridized carbons (Fsp3) is 0.368. The lowest BCUT2D eigenvalue weighted by molar-refractivity contribution is 0.102. The summed E-state index contributed by atoms with van der Waals surface area (Å²) < 4.78 is 0. The van der Waals surface area contributed by atoms with Gasteiger partial charge < -0.3 is 10.6 Å². The second kappa shape index (κ2) is 8.25. The fourth-order valence-corrected chi connectivity index (χ4v) is 2.98. The van der Waals surface area contributed by atoms with E-state index in [1.165, 1.54) is 31.9 Å². The Morgan fingerprint density at radius 3 is 2.36 bits per heavy atom. The second-order valence-corrected chi connectivity index (χ2v) is 6.26. The smallest absolute Gasteiger partial charge is 0.275 e. The minimum Gasteiger partial charge on any atom is -0.366 e. The van der Waals surface area contributed by atoms with Crippen LogP contribution in [0.1, 0.15) is 54.6 Å². The van der Waals surface area contributed by atoms with Crippen LogP contribution in [0.4, 0.5) is 11.5 Å². The number of hydrogen-bond donors (Lipinski definition) is 2. The quantitative estimate of drug-likeness (QED) is 0.831. The zero-order chi connectivity index (χ0) is 17.5. The topological polar surface area (TPSA) is 90.7 Å². The summed E-state index contributed by atoms with van der Waals surface area (Å²) in [5, 5.41) is 14.9. The fourth-order valence-electron chi connectivity index (χ4n) is 2.98. The molecule has 0 radical (unpaired) electrons. The van der Waals surface area contributed by atoms with Crippen LogP contribution in [0.15, 0.2) is 36.7 Å². The van der Waals surface area contributed by atoms with Crippen molar-refractivity contribution in [3.8, 4) is 6.07 Å². The first-order chi connectivity index (χ1) is 12.2. The summed E-state index contributed by atoms with van der Waals surface area (Å²) in [6, 6.07) is 9.16. The van der Waals surface area contributed by atoms with Crippen LogP contribution in [0.5, 0.6) is 0 Å². The Balaban J connectivity index is 1.58. The van der Waals surface area contributed by atoms with E-state index in [4.69, 9.17) is 5.26 Å². The number of nitriles is 1. The highest BCUT2D eigenvalue weighted by atomic mass is 16.1. The van der Waals surface area contributed by atoms with Gasteiger partial charge in [0.1, 0.15) is 11.5 Å². The Morgan fingerprint density at radius 2 is 1.76 bits per heavy atom. The summed E-state index contributed by atoms with van der Waals surface area (Å²) in [5.74, 6) is 0.389. The molecule has 1 aromatic heterocycles. The number of amides is 1. The van der Waals surface area contributed by atoms with Crippen molar-refractivity contribution in [1.29, 1.82) is 5.26 Å². The Labute approximate surface area is 147 Å². The zero-order valence-corrected chi connectivity index (χ0v) is 14.0. The van der Waals surface area contributed by atoms with Gasteiger partial charge in [-0.05, 0) is 37.1 Å². The molecule has 25 heavy (non-hydrogen) atoms. The van der Waals surface area contributed by atoms with Gasteiger partial charge >= 0.3 is 0 Å². The van der Waals surface area contributed by atoms with Crippen molar-refractivity contribution >= 4 is 17.4 Å². The van der Waals surface area contributed by atoms with Gasteiger partial charge in [0.15, 0.2) is 0 Å². The molecule has 0 unspecified atom stereocenters. The Bertz CT molecular complexity index is 741. The predicted molar refractivity (Wildman–Crippen MR) is 96.3 cm³/mol. The highest BCUT2D eigenvalue weighted by Gasteiger charge is 2.13. The van der Waals surface area contributed by atoms with Gasteiger partial charge in [0.2, 0.25) is 0 Å². The molecule has 1 aliphatic carbocycles. The average molecular weight is 335 g/mol. The number of benzene rings is 1. The van der Waals surface area contributed by atoms with Gasteiger partial charge in [-0.15, -0.1) is 0 Å². The van der Waals surface area contributed by atoms with Crippen LogP contribution < -0.4 is 10.6 Å². The molecule has 1 aliphatic rings. The molecule has 1 aromatic carbocycles. The highest BCUT2D eigenvalue weighted by molar-refractivity contribution is 6.02. The van der Waals surface area contributed by atoms with Gasteiger partial charge in [-0.25, -0.2) is 9.97 Å². The normalized spacial score (nSPS) is 15.0. The number of rotatable bonds is 4. The summed E-state index contributed by atoms with van der Waals surface area (Å²) in [6.07, 6.45) is 10.5. The molecule has 0 saturated heterocycles. The predicted octanol–water partition coefficient (Wildman–Crippen LogP) is 3.74. The number of hydrogen-bond acceptors (Lipinski definition) is 5. The van der Waals surface area contributed by atoms with Crippen molar-refractivity contribution in [3.05, 3.63) is 47.9 Å². The molecule has 1 amide bonds. The van der Waals surface area contributed by atoms with Crippen LogP contribution in [-0.2, 0) is 0 Å². The monoisotopic (exact) mass is 335 g/mol. The summed E-state index contributed by atoms with van der Waals surface area (Å²) >= 11 is 0. The number of nitrogens with zero attached hydrogens (tertiary/aromatic N) is 3. The largest absolute Gasteiger partial charge is 0.366 e. The van der Waals surface area contributed by atoms with Crippen LogP contribution in [0.25, 0.3) is 0 Å². The minimum atomic E-state index is -0.321. The maximum absolute atomic E-state index is 12.2. The average Bonchev–Trinajstić information content (AvgIpc) is 2.91. The van der Waals surface area contributed by atoms with E-state index >= 15 is 0 Å². The number of nitrogens with one attached hydrogen (secondary N) is 2. The molecule has 2 N–H and O–H groups in total. The van der Waals surface area contributed by atoms with E-state index in [0.717, 1.165) is 12.8 Å². The maximum Gasteiger partial charge on any atom is 0.275 e. The Kier molecular flexibility index (Phi) is 5.57. The van der Waals surface area contributed by atoms with E-state index in [1.54, 1.807) is 30.5 Å². The molecular formula is C19H21N5O. The number of anilines is 2. The Hall–Kier alpha value is -2.94. The van der Waals surface area contributed by atoms with Crippen molar-refractivity contribution in [2.45, 2.75) is 44.6 Å². The van der Waals surface area contributed by atoms with Gasteiger partial charge in [0.25, 0.3) is 5.91 Å². The van der Waals surface area contributed by atoms with E-state index in [1.807, 2.05) is 6.07 Å². The van der Waals surface area contributed by atoms with Crippen molar-refractivity contribution < 1.29 is 4.79 Å². The molecule has 1 heterocycles. The third kappa shape index (κ3) is 4.77. The van der Waals surface area contributed by atoms with Crippen molar-refractivity contribution in [3.63, 3.8) is 0 Å². The van der Waals surface area contributed by atoms with Gasteiger partial charge in [-0.2, -0.15) is 5.26 Å².